The molecule has 1 unspecified atom stereocenters. The maximum atomic E-state index is 13.7. The van der Waals surface area contributed by atoms with Crippen LogP contribution in [-0.4, -0.2) is 86.1 Å². The lowest BCUT2D eigenvalue weighted by Crippen LogP contribution is -2.53. The number of carbonyl (C=O) groups is 3. The van der Waals surface area contributed by atoms with Crippen molar-refractivity contribution in [1.82, 2.24) is 34.4 Å². The van der Waals surface area contributed by atoms with Gasteiger partial charge in [0.2, 0.25) is 5.91 Å². The highest BCUT2D eigenvalue weighted by molar-refractivity contribution is 6.34. The molecule has 3 aliphatic rings. The monoisotopic (exact) mass is 632 g/mol. The second-order valence-electron chi connectivity index (χ2n) is 11.4. The van der Waals surface area contributed by atoms with E-state index >= 15 is 0 Å². The van der Waals surface area contributed by atoms with E-state index in [1.165, 1.54) is 46.9 Å². The molecule has 2 saturated heterocycles. The van der Waals surface area contributed by atoms with Crippen LogP contribution in [0.25, 0.3) is 11.3 Å². The molecular formula is C29H32ClF3N8O3. The molecule has 1 aliphatic carbocycles. The molecule has 3 aromatic rings. The number of anilines is 1. The van der Waals surface area contributed by atoms with Crippen molar-refractivity contribution in [2.45, 2.75) is 37.9 Å². The van der Waals surface area contributed by atoms with E-state index in [1.807, 2.05) is 4.90 Å². The lowest BCUT2D eigenvalue weighted by molar-refractivity contribution is -0.141. The Kier molecular flexibility index (Phi) is 8.14. The van der Waals surface area contributed by atoms with Gasteiger partial charge >= 0.3 is 6.18 Å². The Bertz CT molecular complexity index is 1580. The summed E-state index contributed by atoms with van der Waals surface area (Å²) in [5.74, 6) is -0.952. The first-order valence-electron chi connectivity index (χ1n) is 14.6. The third-order valence-corrected chi connectivity index (χ3v) is 8.68. The number of aromatic nitrogens is 4. The minimum Gasteiger partial charge on any atom is -0.339 e. The highest BCUT2D eigenvalue weighted by atomic mass is 35.5. The van der Waals surface area contributed by atoms with E-state index in [0.29, 0.717) is 32.7 Å². The first-order chi connectivity index (χ1) is 21.0. The van der Waals surface area contributed by atoms with Crippen molar-refractivity contribution in [1.29, 1.82) is 0 Å². The van der Waals surface area contributed by atoms with E-state index < -0.39 is 17.8 Å². The smallest absolute Gasteiger partial charge is 0.339 e. The normalized spacial score (nSPS) is 19.2. The SMILES string of the molecule is Cn1c(-c2cn(C3CC3)nc2C(F)(F)F)cnc1C(=O)Nc1ccc(C(=O)N2CCN(C(=O)C3CCCNC3)CC2)c(Cl)c1. The number of benzene rings is 1. The molecule has 2 aromatic heterocycles. The third-order valence-electron chi connectivity index (χ3n) is 8.37. The zero-order valence-electron chi connectivity index (χ0n) is 24.0. The van der Waals surface area contributed by atoms with Crippen LogP contribution in [0.3, 0.4) is 0 Å². The maximum Gasteiger partial charge on any atom is 0.435 e. The van der Waals surface area contributed by atoms with Crippen molar-refractivity contribution in [3.8, 4) is 11.3 Å². The molecule has 0 bridgehead atoms. The van der Waals surface area contributed by atoms with Gasteiger partial charge in [0.05, 0.1) is 40.0 Å². The molecule has 44 heavy (non-hydrogen) atoms. The van der Waals surface area contributed by atoms with Crippen LogP contribution < -0.4 is 10.6 Å². The van der Waals surface area contributed by atoms with Crippen molar-refractivity contribution in [2.75, 3.05) is 44.6 Å². The fraction of sp³-hybridized carbons (Fsp3) is 0.483. The van der Waals surface area contributed by atoms with E-state index in [1.54, 1.807) is 4.90 Å². The number of halogens is 4. The molecule has 0 spiro atoms. The number of hydrogen-bond acceptors (Lipinski definition) is 6. The zero-order valence-corrected chi connectivity index (χ0v) is 24.8. The standard InChI is InChI=1S/C29H32ClF3N8O3/c1-38-23(21-16-41(19-5-6-19)37-24(21)29(31,32)33)15-35-25(38)26(42)36-18-4-7-20(22(30)13-18)28(44)40-11-9-39(10-12-40)27(43)17-3-2-8-34-14-17/h4,7,13,15-17,19,34H,2-3,5-6,8-12,14H2,1H3,(H,36,42). The van der Waals surface area contributed by atoms with Crippen LogP contribution in [0.1, 0.15) is 58.4 Å². The van der Waals surface area contributed by atoms with Crippen LogP contribution in [-0.2, 0) is 18.0 Å². The average molecular weight is 633 g/mol. The van der Waals surface area contributed by atoms with E-state index in [0.717, 1.165) is 32.2 Å². The molecule has 3 amide bonds. The van der Waals surface area contributed by atoms with E-state index in [-0.39, 0.29) is 57.1 Å². The number of piperazine rings is 1. The van der Waals surface area contributed by atoms with Gasteiger partial charge in [-0.25, -0.2) is 4.98 Å². The Balaban J connectivity index is 1.10. The first kappa shape index (κ1) is 30.1. The summed E-state index contributed by atoms with van der Waals surface area (Å²) in [5, 5.41) is 9.81. The zero-order chi connectivity index (χ0) is 31.2. The molecule has 234 valence electrons. The highest BCUT2D eigenvalue weighted by Gasteiger charge is 2.40. The predicted octanol–water partition coefficient (Wildman–Crippen LogP) is 3.83. The number of hydrogen-bond donors (Lipinski definition) is 2. The topological polar surface area (TPSA) is 117 Å². The molecule has 15 heteroatoms. The highest BCUT2D eigenvalue weighted by Crippen LogP contribution is 2.41. The van der Waals surface area contributed by atoms with Crippen LogP contribution >= 0.6 is 11.6 Å². The van der Waals surface area contributed by atoms with E-state index in [9.17, 15) is 27.6 Å². The van der Waals surface area contributed by atoms with Gasteiger partial charge in [0.15, 0.2) is 11.5 Å². The van der Waals surface area contributed by atoms with Gasteiger partial charge in [-0.2, -0.15) is 18.3 Å². The summed E-state index contributed by atoms with van der Waals surface area (Å²) in [4.78, 5) is 46.7. The van der Waals surface area contributed by atoms with Crippen molar-refractivity contribution in [3.63, 3.8) is 0 Å². The Labute approximate surface area is 256 Å². The lowest BCUT2D eigenvalue weighted by atomic mass is 9.98. The quantitative estimate of drug-likeness (QED) is 0.427. The fourth-order valence-electron chi connectivity index (χ4n) is 5.76. The summed E-state index contributed by atoms with van der Waals surface area (Å²) in [6, 6.07) is 4.42. The molecule has 3 fully saturated rings. The second kappa shape index (κ2) is 11.9. The Morgan fingerprint density at radius 2 is 1.80 bits per heavy atom. The number of amides is 3. The largest absolute Gasteiger partial charge is 0.435 e. The van der Waals surface area contributed by atoms with Crippen LogP contribution in [0.2, 0.25) is 5.02 Å². The predicted molar refractivity (Wildman–Crippen MR) is 155 cm³/mol. The summed E-state index contributed by atoms with van der Waals surface area (Å²) in [6.07, 6.45) is 1.27. The summed E-state index contributed by atoms with van der Waals surface area (Å²) in [5.41, 5.74) is -0.533. The molecule has 6 rings (SSSR count). The summed E-state index contributed by atoms with van der Waals surface area (Å²) in [7, 11) is 1.46. The molecule has 2 aliphatic heterocycles. The summed E-state index contributed by atoms with van der Waals surface area (Å²) >= 11 is 6.46. The Morgan fingerprint density at radius 1 is 1.07 bits per heavy atom. The first-order valence-corrected chi connectivity index (χ1v) is 15.0. The second-order valence-corrected chi connectivity index (χ2v) is 11.8. The van der Waals surface area contributed by atoms with E-state index in [4.69, 9.17) is 11.6 Å². The molecule has 1 atom stereocenters. The molecule has 2 N–H and O–H groups in total. The van der Waals surface area contributed by atoms with Gasteiger partial charge in [-0.05, 0) is 50.4 Å². The Morgan fingerprint density at radius 3 is 2.43 bits per heavy atom. The van der Waals surface area contributed by atoms with Crippen LogP contribution in [0.5, 0.6) is 0 Å². The minimum absolute atomic E-state index is 0.0238. The van der Waals surface area contributed by atoms with Gasteiger partial charge in [-0.1, -0.05) is 11.6 Å². The maximum absolute atomic E-state index is 13.7. The number of rotatable bonds is 6. The van der Waals surface area contributed by atoms with Gasteiger partial charge < -0.3 is 25.0 Å². The molecule has 1 aromatic carbocycles. The van der Waals surface area contributed by atoms with Crippen molar-refractivity contribution >= 4 is 35.0 Å². The number of alkyl halides is 3. The van der Waals surface area contributed by atoms with Crippen molar-refractivity contribution < 1.29 is 27.6 Å². The van der Waals surface area contributed by atoms with Gasteiger partial charge in [0, 0.05) is 51.7 Å². The van der Waals surface area contributed by atoms with Gasteiger partial charge in [-0.3, -0.25) is 19.1 Å². The van der Waals surface area contributed by atoms with Gasteiger partial charge in [-0.15, -0.1) is 0 Å². The number of piperidine rings is 1. The number of nitrogens with zero attached hydrogens (tertiary/aromatic N) is 6. The van der Waals surface area contributed by atoms with Crippen molar-refractivity contribution in [2.24, 2.45) is 13.0 Å². The van der Waals surface area contributed by atoms with E-state index in [2.05, 4.69) is 20.7 Å². The number of carbonyl (C=O) groups excluding carboxylic acids is 3. The lowest BCUT2D eigenvalue weighted by Gasteiger charge is -2.37. The van der Waals surface area contributed by atoms with Crippen LogP contribution in [0.15, 0.2) is 30.6 Å². The van der Waals surface area contributed by atoms with Crippen molar-refractivity contribution in [3.05, 3.63) is 52.7 Å². The third kappa shape index (κ3) is 6.05. The number of imidazole rings is 1. The average Bonchev–Trinajstić information content (AvgIpc) is 3.64. The molecule has 1 saturated carbocycles. The molecule has 4 heterocycles. The molecular weight excluding hydrogens is 601 g/mol. The Hall–Kier alpha value is -3.91. The molecule has 11 nitrogen and oxygen atoms in total. The van der Waals surface area contributed by atoms with Crippen LogP contribution in [0, 0.1) is 5.92 Å². The summed E-state index contributed by atoms with van der Waals surface area (Å²) < 4.78 is 43.8. The van der Waals surface area contributed by atoms with Crippen LogP contribution in [0.4, 0.5) is 18.9 Å². The van der Waals surface area contributed by atoms with Gasteiger partial charge in [0.25, 0.3) is 11.8 Å². The number of nitrogens with one attached hydrogen (secondary N) is 2. The molecule has 0 radical (unpaired) electrons. The minimum atomic E-state index is -4.67. The van der Waals surface area contributed by atoms with Gasteiger partial charge in [0.1, 0.15) is 0 Å². The fourth-order valence-corrected chi connectivity index (χ4v) is 6.02. The summed E-state index contributed by atoms with van der Waals surface area (Å²) in [6.45, 7) is 3.28.